The zero-order chi connectivity index (χ0) is 21.3. The molecule has 7 nitrogen and oxygen atoms in total. The van der Waals surface area contributed by atoms with Gasteiger partial charge in [-0.3, -0.25) is 14.3 Å². The van der Waals surface area contributed by atoms with Crippen LogP contribution in [-0.4, -0.2) is 63.1 Å². The van der Waals surface area contributed by atoms with Crippen molar-refractivity contribution in [2.75, 3.05) is 32.6 Å². The summed E-state index contributed by atoms with van der Waals surface area (Å²) in [5, 5.41) is 9.44. The molecule has 30 heavy (non-hydrogen) atoms. The fourth-order valence-corrected chi connectivity index (χ4v) is 3.89. The average Bonchev–Trinajstić information content (AvgIpc) is 3.20. The number of methoxy groups -OCH3 is 1. The van der Waals surface area contributed by atoms with Crippen molar-refractivity contribution in [2.45, 2.75) is 19.0 Å². The largest absolute Gasteiger partial charge is 0.383 e. The van der Waals surface area contributed by atoms with Crippen molar-refractivity contribution in [3.8, 4) is 17.1 Å². The number of pyridine rings is 1. The van der Waals surface area contributed by atoms with E-state index in [1.54, 1.807) is 19.5 Å². The summed E-state index contributed by atoms with van der Waals surface area (Å²) in [5.74, 6) is 1.44. The molecule has 2 aromatic heterocycles. The summed E-state index contributed by atoms with van der Waals surface area (Å²) in [4.78, 5) is 18.9. The molecule has 0 N–H and O–H groups in total. The van der Waals surface area contributed by atoms with Crippen LogP contribution in [0.4, 0.5) is 0 Å². The van der Waals surface area contributed by atoms with Crippen LogP contribution in [-0.2, 0) is 9.53 Å². The van der Waals surface area contributed by atoms with Crippen LogP contribution < -0.4 is 0 Å². The van der Waals surface area contributed by atoms with Crippen molar-refractivity contribution in [1.82, 2.24) is 24.6 Å². The minimum atomic E-state index is 0.0660. The standard InChI is InChI=1S/C22H27N5O2S/c1-17(2)15-26(12-13-29-3)20(28)16-30-22-25-24-21(18-8-7-11-23-14-18)27(22)19-9-5-4-6-10-19/h4-11,14,17H,12-13,15-16H2,1-3H3. The van der Waals surface area contributed by atoms with E-state index < -0.39 is 0 Å². The van der Waals surface area contributed by atoms with Crippen molar-refractivity contribution in [3.05, 3.63) is 54.9 Å². The van der Waals surface area contributed by atoms with Crippen molar-refractivity contribution in [2.24, 2.45) is 5.92 Å². The maximum atomic E-state index is 12.9. The van der Waals surface area contributed by atoms with Gasteiger partial charge >= 0.3 is 0 Å². The molecule has 0 spiro atoms. The lowest BCUT2D eigenvalue weighted by atomic mass is 10.2. The number of para-hydroxylation sites is 1. The predicted molar refractivity (Wildman–Crippen MR) is 119 cm³/mol. The molecule has 3 aromatic rings. The molecule has 0 saturated heterocycles. The van der Waals surface area contributed by atoms with E-state index in [2.05, 4.69) is 29.0 Å². The molecule has 0 bridgehead atoms. The van der Waals surface area contributed by atoms with Crippen LogP contribution in [0.3, 0.4) is 0 Å². The molecular formula is C22H27N5O2S. The molecule has 0 aliphatic carbocycles. The summed E-state index contributed by atoms with van der Waals surface area (Å²) in [6, 6.07) is 13.7. The van der Waals surface area contributed by atoms with E-state index in [0.717, 1.165) is 11.3 Å². The van der Waals surface area contributed by atoms with Crippen LogP contribution >= 0.6 is 11.8 Å². The summed E-state index contributed by atoms with van der Waals surface area (Å²) >= 11 is 1.39. The van der Waals surface area contributed by atoms with Gasteiger partial charge in [0.1, 0.15) is 0 Å². The number of carbonyl (C=O) groups excluding carboxylic acids is 1. The van der Waals surface area contributed by atoms with Gasteiger partial charge in [-0.15, -0.1) is 10.2 Å². The van der Waals surface area contributed by atoms with E-state index in [0.29, 0.717) is 36.6 Å². The summed E-state index contributed by atoms with van der Waals surface area (Å²) < 4.78 is 7.13. The van der Waals surface area contributed by atoms with E-state index in [9.17, 15) is 4.79 Å². The van der Waals surface area contributed by atoms with Gasteiger partial charge in [0.2, 0.25) is 5.91 Å². The van der Waals surface area contributed by atoms with Crippen molar-refractivity contribution in [3.63, 3.8) is 0 Å². The Morgan fingerprint density at radius 2 is 1.97 bits per heavy atom. The molecule has 3 rings (SSSR count). The zero-order valence-electron chi connectivity index (χ0n) is 17.6. The number of aromatic nitrogens is 4. The Morgan fingerprint density at radius 3 is 2.63 bits per heavy atom. The van der Waals surface area contributed by atoms with E-state index >= 15 is 0 Å². The van der Waals surface area contributed by atoms with Gasteiger partial charge in [-0.1, -0.05) is 43.8 Å². The molecular weight excluding hydrogens is 398 g/mol. The number of hydrogen-bond donors (Lipinski definition) is 0. The number of benzene rings is 1. The average molecular weight is 426 g/mol. The number of ether oxygens (including phenoxy) is 1. The van der Waals surface area contributed by atoms with Gasteiger partial charge in [0, 0.05) is 43.8 Å². The molecule has 8 heteroatoms. The van der Waals surface area contributed by atoms with Crippen LogP contribution in [0.1, 0.15) is 13.8 Å². The van der Waals surface area contributed by atoms with Gasteiger partial charge in [-0.25, -0.2) is 0 Å². The topological polar surface area (TPSA) is 73.1 Å². The summed E-state index contributed by atoms with van der Waals surface area (Å²) in [6.45, 7) is 6.02. The first-order valence-electron chi connectivity index (χ1n) is 9.91. The number of hydrogen-bond acceptors (Lipinski definition) is 6. The highest BCUT2D eigenvalue weighted by atomic mass is 32.2. The molecule has 1 aromatic carbocycles. The molecule has 0 radical (unpaired) electrons. The molecule has 2 heterocycles. The van der Waals surface area contributed by atoms with Gasteiger partial charge in [0.05, 0.1) is 12.4 Å². The Bertz CT molecular complexity index is 931. The first kappa shape index (κ1) is 22.0. The van der Waals surface area contributed by atoms with E-state index in [4.69, 9.17) is 4.74 Å². The summed E-state index contributed by atoms with van der Waals surface area (Å²) in [6.07, 6.45) is 3.49. The van der Waals surface area contributed by atoms with Gasteiger partial charge in [0.15, 0.2) is 11.0 Å². The Morgan fingerprint density at radius 1 is 1.17 bits per heavy atom. The number of rotatable bonds is 10. The number of carbonyl (C=O) groups is 1. The quantitative estimate of drug-likeness (QED) is 0.463. The third-order valence-electron chi connectivity index (χ3n) is 4.40. The van der Waals surface area contributed by atoms with E-state index in [-0.39, 0.29) is 11.7 Å². The molecule has 0 saturated carbocycles. The second-order valence-corrected chi connectivity index (χ2v) is 8.18. The molecule has 0 aliphatic rings. The molecule has 1 amide bonds. The van der Waals surface area contributed by atoms with Crippen molar-refractivity contribution >= 4 is 17.7 Å². The minimum absolute atomic E-state index is 0.0660. The van der Waals surface area contributed by atoms with Crippen LogP contribution in [0.25, 0.3) is 17.1 Å². The highest BCUT2D eigenvalue weighted by molar-refractivity contribution is 7.99. The predicted octanol–water partition coefficient (Wildman–Crippen LogP) is 3.55. The monoisotopic (exact) mass is 425 g/mol. The van der Waals surface area contributed by atoms with Crippen LogP contribution in [0.2, 0.25) is 0 Å². The fraction of sp³-hybridized carbons (Fsp3) is 0.364. The second kappa shape index (κ2) is 10.9. The van der Waals surface area contributed by atoms with Crippen LogP contribution in [0.15, 0.2) is 60.0 Å². The number of thioether (sulfide) groups is 1. The van der Waals surface area contributed by atoms with Crippen molar-refractivity contribution < 1.29 is 9.53 Å². The third kappa shape index (κ3) is 5.67. The third-order valence-corrected chi connectivity index (χ3v) is 5.31. The maximum absolute atomic E-state index is 12.9. The lowest BCUT2D eigenvalue weighted by Gasteiger charge is -2.24. The summed E-state index contributed by atoms with van der Waals surface area (Å²) in [7, 11) is 1.65. The highest BCUT2D eigenvalue weighted by Gasteiger charge is 2.20. The molecule has 0 fully saturated rings. The molecule has 0 aliphatic heterocycles. The Balaban J connectivity index is 1.84. The normalized spacial score (nSPS) is 11.1. The lowest BCUT2D eigenvalue weighted by Crippen LogP contribution is -2.37. The molecule has 0 unspecified atom stereocenters. The SMILES string of the molecule is COCCN(CC(C)C)C(=O)CSc1nnc(-c2cccnc2)n1-c1ccccc1. The van der Waals surface area contributed by atoms with Gasteiger partial charge in [-0.2, -0.15) is 0 Å². The van der Waals surface area contributed by atoms with Gasteiger partial charge in [-0.05, 0) is 30.2 Å². The Labute approximate surface area is 181 Å². The summed E-state index contributed by atoms with van der Waals surface area (Å²) in [5.41, 5.74) is 1.81. The molecule has 0 atom stereocenters. The maximum Gasteiger partial charge on any atom is 0.233 e. The Kier molecular flexibility index (Phi) is 7.98. The van der Waals surface area contributed by atoms with E-state index in [1.807, 2.05) is 51.9 Å². The highest BCUT2D eigenvalue weighted by Crippen LogP contribution is 2.27. The zero-order valence-corrected chi connectivity index (χ0v) is 18.4. The van der Waals surface area contributed by atoms with Crippen LogP contribution in [0, 0.1) is 5.92 Å². The first-order valence-corrected chi connectivity index (χ1v) is 10.9. The first-order chi connectivity index (χ1) is 14.6. The second-order valence-electron chi connectivity index (χ2n) is 7.23. The Hall–Kier alpha value is -2.71. The smallest absolute Gasteiger partial charge is 0.233 e. The minimum Gasteiger partial charge on any atom is -0.383 e. The number of nitrogens with zero attached hydrogens (tertiary/aromatic N) is 5. The van der Waals surface area contributed by atoms with Crippen LogP contribution in [0.5, 0.6) is 0 Å². The lowest BCUT2D eigenvalue weighted by molar-refractivity contribution is -0.129. The van der Waals surface area contributed by atoms with E-state index in [1.165, 1.54) is 11.8 Å². The molecule has 158 valence electrons. The van der Waals surface area contributed by atoms with Gasteiger partial charge < -0.3 is 9.64 Å². The fourth-order valence-electron chi connectivity index (χ4n) is 3.03. The van der Waals surface area contributed by atoms with Gasteiger partial charge in [0.25, 0.3) is 0 Å². The number of amides is 1. The van der Waals surface area contributed by atoms with Crippen molar-refractivity contribution in [1.29, 1.82) is 0 Å².